The summed E-state index contributed by atoms with van der Waals surface area (Å²) in [5.41, 5.74) is -0.0581. The number of rotatable bonds is 4. The van der Waals surface area contributed by atoms with Crippen LogP contribution in [0.15, 0.2) is 42.6 Å². The van der Waals surface area contributed by atoms with E-state index in [0.717, 1.165) is 3.57 Å². The van der Waals surface area contributed by atoms with E-state index in [4.69, 9.17) is 9.47 Å². The average Bonchev–Trinajstić information content (AvgIpc) is 2.52. The van der Waals surface area contributed by atoms with Crippen LogP contribution in [0.2, 0.25) is 0 Å². The number of benzene rings is 1. The van der Waals surface area contributed by atoms with E-state index in [1.165, 1.54) is 29.2 Å². The molecule has 0 saturated carbocycles. The third-order valence-corrected chi connectivity index (χ3v) is 3.98. The Morgan fingerprint density at radius 3 is 2.54 bits per heavy atom. The van der Waals surface area contributed by atoms with E-state index in [2.05, 4.69) is 27.6 Å². The number of hydrogen-bond acceptors (Lipinski definition) is 6. The molecular weight excluding hydrogens is 429 g/mol. The van der Waals surface area contributed by atoms with Crippen molar-refractivity contribution in [2.75, 3.05) is 13.1 Å². The highest BCUT2D eigenvalue weighted by Gasteiger charge is 2.34. The molecule has 9 heteroatoms. The van der Waals surface area contributed by atoms with Crippen molar-refractivity contribution >= 4 is 34.4 Å². The van der Waals surface area contributed by atoms with Gasteiger partial charge < -0.3 is 14.4 Å². The number of likely N-dealkylation sites (tertiary alicyclic amines) is 1. The summed E-state index contributed by atoms with van der Waals surface area (Å²) in [5, 5.41) is 10.6. The Balaban J connectivity index is 1.47. The summed E-state index contributed by atoms with van der Waals surface area (Å²) in [5.74, 6) is 0.776. The predicted molar refractivity (Wildman–Crippen MR) is 92.1 cm³/mol. The molecule has 0 unspecified atom stereocenters. The maximum absolute atomic E-state index is 12.0. The Hall–Kier alpha value is -2.43. The average molecular weight is 441 g/mol. The van der Waals surface area contributed by atoms with Crippen LogP contribution in [0.25, 0.3) is 0 Å². The van der Waals surface area contributed by atoms with Gasteiger partial charge in [0.05, 0.1) is 18.0 Å². The molecule has 0 radical (unpaired) electrons. The number of pyridine rings is 1. The van der Waals surface area contributed by atoms with E-state index in [1.807, 2.05) is 6.07 Å². The number of aromatic nitrogens is 1. The molecule has 2 heterocycles. The maximum atomic E-state index is 12.0. The zero-order valence-electron chi connectivity index (χ0n) is 12.3. The SMILES string of the molecule is O=C(Oc1ccc([N+](=O)[O-])cc1)N1CC(Oc2ccc(I)cn2)C1. The number of amides is 1. The van der Waals surface area contributed by atoms with Crippen molar-refractivity contribution in [3.05, 3.63) is 56.3 Å². The molecule has 1 fully saturated rings. The minimum absolute atomic E-state index is 0.0581. The predicted octanol–water partition coefficient (Wildman–Crippen LogP) is 2.86. The molecule has 2 aromatic rings. The molecule has 0 N–H and O–H groups in total. The third kappa shape index (κ3) is 3.91. The number of carbonyl (C=O) groups is 1. The molecule has 124 valence electrons. The van der Waals surface area contributed by atoms with Gasteiger partial charge in [-0.15, -0.1) is 0 Å². The number of nitro groups is 1. The van der Waals surface area contributed by atoms with Gasteiger partial charge in [-0.25, -0.2) is 9.78 Å². The Morgan fingerprint density at radius 2 is 1.96 bits per heavy atom. The van der Waals surface area contributed by atoms with E-state index >= 15 is 0 Å². The fourth-order valence-electron chi connectivity index (χ4n) is 2.07. The lowest BCUT2D eigenvalue weighted by atomic mass is 10.2. The van der Waals surface area contributed by atoms with E-state index < -0.39 is 11.0 Å². The van der Waals surface area contributed by atoms with E-state index in [1.54, 1.807) is 12.3 Å². The Morgan fingerprint density at radius 1 is 1.25 bits per heavy atom. The number of hydrogen-bond donors (Lipinski definition) is 0. The zero-order valence-corrected chi connectivity index (χ0v) is 14.5. The molecule has 1 aromatic heterocycles. The van der Waals surface area contributed by atoms with E-state index in [-0.39, 0.29) is 17.5 Å². The molecule has 1 aromatic carbocycles. The second kappa shape index (κ2) is 6.99. The standard InChI is InChI=1S/C15H12IN3O5/c16-10-1-6-14(17-7-10)23-13-8-18(9-13)15(20)24-12-4-2-11(3-5-12)19(21)22/h1-7,13H,8-9H2. The molecule has 0 atom stereocenters. The highest BCUT2D eigenvalue weighted by molar-refractivity contribution is 14.1. The fraction of sp³-hybridized carbons (Fsp3) is 0.200. The van der Waals surface area contributed by atoms with Crippen LogP contribution < -0.4 is 9.47 Å². The van der Waals surface area contributed by atoms with E-state index in [0.29, 0.717) is 19.0 Å². The lowest BCUT2D eigenvalue weighted by molar-refractivity contribution is -0.384. The summed E-state index contributed by atoms with van der Waals surface area (Å²) >= 11 is 2.16. The molecule has 1 aliphatic rings. The maximum Gasteiger partial charge on any atom is 0.415 e. The van der Waals surface area contributed by atoms with Gasteiger partial charge in [0.25, 0.3) is 5.69 Å². The van der Waals surface area contributed by atoms with Crippen LogP contribution in [0, 0.1) is 13.7 Å². The van der Waals surface area contributed by atoms with Gasteiger partial charge in [-0.3, -0.25) is 10.1 Å². The van der Waals surface area contributed by atoms with Crippen LogP contribution in [0.1, 0.15) is 0 Å². The van der Waals surface area contributed by atoms with Crippen molar-refractivity contribution in [3.8, 4) is 11.6 Å². The monoisotopic (exact) mass is 441 g/mol. The van der Waals surface area contributed by atoms with Crippen LogP contribution in [-0.2, 0) is 0 Å². The summed E-state index contributed by atoms with van der Waals surface area (Å²) < 4.78 is 11.8. The number of nitrogens with zero attached hydrogens (tertiary/aromatic N) is 3. The summed E-state index contributed by atoms with van der Waals surface area (Å²) in [6.07, 6.45) is 1.07. The molecule has 8 nitrogen and oxygen atoms in total. The minimum atomic E-state index is -0.515. The van der Waals surface area contributed by atoms with Gasteiger partial charge in [-0.1, -0.05) is 0 Å². The quantitative estimate of drug-likeness (QED) is 0.412. The number of halogens is 1. The van der Waals surface area contributed by atoms with Gasteiger partial charge in [-0.05, 0) is 40.8 Å². The smallest absolute Gasteiger partial charge is 0.415 e. The first kappa shape index (κ1) is 16.4. The molecule has 0 aliphatic carbocycles. The molecule has 24 heavy (non-hydrogen) atoms. The Labute approximate surface area is 150 Å². The van der Waals surface area contributed by atoms with Crippen LogP contribution in [0.4, 0.5) is 10.5 Å². The van der Waals surface area contributed by atoms with Crippen LogP contribution in [-0.4, -0.2) is 40.1 Å². The van der Waals surface area contributed by atoms with Crippen LogP contribution in [0.5, 0.6) is 11.6 Å². The van der Waals surface area contributed by atoms with Crippen molar-refractivity contribution in [2.24, 2.45) is 0 Å². The molecule has 1 aliphatic heterocycles. The summed E-state index contributed by atoms with van der Waals surface area (Å²) in [4.78, 5) is 27.6. The summed E-state index contributed by atoms with van der Waals surface area (Å²) in [6, 6.07) is 9.01. The Bertz CT molecular complexity index is 745. The molecule has 1 amide bonds. The van der Waals surface area contributed by atoms with Gasteiger partial charge in [0, 0.05) is 28.0 Å². The van der Waals surface area contributed by atoms with E-state index in [9.17, 15) is 14.9 Å². The van der Waals surface area contributed by atoms with Crippen molar-refractivity contribution in [3.63, 3.8) is 0 Å². The van der Waals surface area contributed by atoms with Gasteiger partial charge in [0.15, 0.2) is 0 Å². The highest BCUT2D eigenvalue weighted by atomic mass is 127. The van der Waals surface area contributed by atoms with Gasteiger partial charge in [0.2, 0.25) is 5.88 Å². The fourth-order valence-corrected chi connectivity index (χ4v) is 2.38. The minimum Gasteiger partial charge on any atom is -0.471 e. The second-order valence-corrected chi connectivity index (χ2v) is 6.32. The van der Waals surface area contributed by atoms with Crippen LogP contribution in [0.3, 0.4) is 0 Å². The van der Waals surface area contributed by atoms with Crippen molar-refractivity contribution in [2.45, 2.75) is 6.10 Å². The van der Waals surface area contributed by atoms with Gasteiger partial charge in [0.1, 0.15) is 11.9 Å². The third-order valence-electron chi connectivity index (χ3n) is 3.35. The van der Waals surface area contributed by atoms with Crippen molar-refractivity contribution in [1.82, 2.24) is 9.88 Å². The lowest BCUT2D eigenvalue weighted by Crippen LogP contribution is -2.57. The first-order valence-electron chi connectivity index (χ1n) is 7.01. The van der Waals surface area contributed by atoms with Gasteiger partial charge >= 0.3 is 6.09 Å². The summed E-state index contributed by atoms with van der Waals surface area (Å²) in [6.45, 7) is 0.805. The molecule has 1 saturated heterocycles. The van der Waals surface area contributed by atoms with Crippen molar-refractivity contribution in [1.29, 1.82) is 0 Å². The second-order valence-electron chi connectivity index (χ2n) is 5.08. The lowest BCUT2D eigenvalue weighted by Gasteiger charge is -2.37. The molecule has 0 spiro atoms. The first-order chi connectivity index (χ1) is 11.5. The Kier molecular flexibility index (Phi) is 4.79. The molecule has 0 bridgehead atoms. The topological polar surface area (TPSA) is 94.8 Å². The molecule has 3 rings (SSSR count). The van der Waals surface area contributed by atoms with Crippen molar-refractivity contribution < 1.29 is 19.2 Å². The summed E-state index contributed by atoms with van der Waals surface area (Å²) in [7, 11) is 0. The number of nitro benzene ring substituents is 1. The molecular formula is C15H12IN3O5. The van der Waals surface area contributed by atoms with Crippen LogP contribution >= 0.6 is 22.6 Å². The number of ether oxygens (including phenoxy) is 2. The normalized spacial score (nSPS) is 14.0. The number of carbonyl (C=O) groups excluding carboxylic acids is 1. The number of non-ortho nitro benzene ring substituents is 1. The van der Waals surface area contributed by atoms with Gasteiger partial charge in [-0.2, -0.15) is 0 Å². The first-order valence-corrected chi connectivity index (χ1v) is 8.08. The highest BCUT2D eigenvalue weighted by Crippen LogP contribution is 2.21. The largest absolute Gasteiger partial charge is 0.471 e. The zero-order chi connectivity index (χ0) is 17.1.